The number of carbonyl (C=O) groups is 3. The van der Waals surface area contributed by atoms with Crippen molar-refractivity contribution in [3.63, 3.8) is 0 Å². The molecule has 0 radical (unpaired) electrons. The zero-order valence-electron chi connectivity index (χ0n) is 22.5. The van der Waals surface area contributed by atoms with Gasteiger partial charge in [-0.15, -0.1) is 5.10 Å². The topological polar surface area (TPSA) is 116 Å². The second-order valence-corrected chi connectivity index (χ2v) is 9.54. The summed E-state index contributed by atoms with van der Waals surface area (Å²) < 4.78 is 11.3. The first-order valence-electron chi connectivity index (χ1n) is 13.5. The molecule has 1 aliphatic heterocycles. The summed E-state index contributed by atoms with van der Waals surface area (Å²) in [6.07, 6.45) is 4.88. The van der Waals surface area contributed by atoms with Gasteiger partial charge >= 0.3 is 11.9 Å². The Labute approximate surface area is 232 Å². The second-order valence-electron chi connectivity index (χ2n) is 9.54. The molecule has 10 heteroatoms. The van der Waals surface area contributed by atoms with Gasteiger partial charge in [0.2, 0.25) is 5.69 Å². The molecule has 40 heavy (non-hydrogen) atoms. The molecule has 5 rings (SSSR count). The number of allylic oxidation sites excluding steroid dienone is 1. The lowest BCUT2D eigenvalue weighted by molar-refractivity contribution is -0.134. The van der Waals surface area contributed by atoms with E-state index in [0.29, 0.717) is 0 Å². The Morgan fingerprint density at radius 2 is 1.62 bits per heavy atom. The first-order valence-corrected chi connectivity index (χ1v) is 13.5. The fourth-order valence-electron chi connectivity index (χ4n) is 5.30. The van der Waals surface area contributed by atoms with Gasteiger partial charge in [-0.05, 0) is 55.9 Å². The fourth-order valence-corrected chi connectivity index (χ4v) is 5.30. The number of hydrogen-bond acceptors (Lipinski definition) is 8. The maximum atomic E-state index is 13.9. The van der Waals surface area contributed by atoms with Crippen LogP contribution in [-0.2, 0) is 20.8 Å². The molecule has 2 aliphatic rings. The van der Waals surface area contributed by atoms with Crippen LogP contribution in [0.4, 0.5) is 0 Å². The largest absolute Gasteiger partial charge is 0.461 e. The standard InChI is InChI=1S/C30H31N5O5/c1-3-39-29(37)26-28(30(38)40-4-2)34(33-31-26)19-24(36)35-27(21-14-9-6-10-15-21)23-17-11-16-22(25(23)32-35)18-20-12-7-5-8-13-20/h5-10,12-15,18,23,27H,3-4,11,16-17,19H2,1-2H3/b22-18-/t23-,27-/m0/s1. The van der Waals surface area contributed by atoms with Gasteiger partial charge in [0.1, 0.15) is 6.54 Å². The highest BCUT2D eigenvalue weighted by Crippen LogP contribution is 2.44. The van der Waals surface area contributed by atoms with Crippen molar-refractivity contribution in [3.8, 4) is 0 Å². The minimum atomic E-state index is -0.811. The first kappa shape index (κ1) is 27.0. The third-order valence-electron chi connectivity index (χ3n) is 7.00. The van der Waals surface area contributed by atoms with E-state index in [0.717, 1.165) is 46.4 Å². The van der Waals surface area contributed by atoms with Crippen molar-refractivity contribution >= 4 is 29.6 Å². The van der Waals surface area contributed by atoms with Gasteiger partial charge in [0.05, 0.1) is 25.0 Å². The molecule has 3 aromatic rings. The van der Waals surface area contributed by atoms with Gasteiger partial charge in [0, 0.05) is 5.92 Å². The normalized spacial score (nSPS) is 19.2. The number of aromatic nitrogens is 3. The van der Waals surface area contributed by atoms with Gasteiger partial charge in [-0.3, -0.25) is 4.79 Å². The monoisotopic (exact) mass is 541 g/mol. The molecule has 1 fully saturated rings. The Bertz CT molecular complexity index is 1450. The van der Waals surface area contributed by atoms with Crippen LogP contribution in [0.1, 0.15) is 71.3 Å². The summed E-state index contributed by atoms with van der Waals surface area (Å²) in [6.45, 7) is 3.11. The average Bonchev–Trinajstić information content (AvgIpc) is 3.57. The predicted molar refractivity (Wildman–Crippen MR) is 147 cm³/mol. The third-order valence-corrected chi connectivity index (χ3v) is 7.00. The van der Waals surface area contributed by atoms with Gasteiger partial charge in [-0.1, -0.05) is 65.9 Å². The number of hydrogen-bond donors (Lipinski definition) is 0. The van der Waals surface area contributed by atoms with E-state index in [-0.39, 0.29) is 49.0 Å². The molecular formula is C30H31N5O5. The molecule has 0 bridgehead atoms. The minimum Gasteiger partial charge on any atom is -0.461 e. The highest BCUT2D eigenvalue weighted by Gasteiger charge is 2.44. The first-order chi connectivity index (χ1) is 19.5. The van der Waals surface area contributed by atoms with Crippen molar-refractivity contribution in [1.29, 1.82) is 0 Å². The molecule has 1 amide bonds. The summed E-state index contributed by atoms with van der Waals surface area (Å²) >= 11 is 0. The van der Waals surface area contributed by atoms with Gasteiger partial charge in [-0.2, -0.15) is 5.10 Å². The number of rotatable bonds is 8. The number of nitrogens with zero attached hydrogens (tertiary/aromatic N) is 5. The summed E-state index contributed by atoms with van der Waals surface area (Å²) in [7, 11) is 0. The molecule has 206 valence electrons. The van der Waals surface area contributed by atoms with E-state index in [1.807, 2.05) is 60.7 Å². The van der Waals surface area contributed by atoms with Crippen LogP contribution < -0.4 is 0 Å². The van der Waals surface area contributed by atoms with Gasteiger partial charge < -0.3 is 9.47 Å². The van der Waals surface area contributed by atoms with Gasteiger partial charge in [0.15, 0.2) is 5.69 Å². The van der Waals surface area contributed by atoms with Crippen molar-refractivity contribution < 1.29 is 23.9 Å². The van der Waals surface area contributed by atoms with Crippen LogP contribution in [0.25, 0.3) is 6.08 Å². The van der Waals surface area contributed by atoms with Crippen molar-refractivity contribution in [3.05, 3.63) is 88.8 Å². The number of hydrazone groups is 1. The average molecular weight is 542 g/mol. The van der Waals surface area contributed by atoms with Gasteiger partial charge in [-0.25, -0.2) is 19.3 Å². The molecule has 2 heterocycles. The molecule has 1 saturated carbocycles. The lowest BCUT2D eigenvalue weighted by Gasteiger charge is -2.29. The van der Waals surface area contributed by atoms with Crippen LogP contribution in [0.3, 0.4) is 0 Å². The maximum Gasteiger partial charge on any atom is 0.361 e. The smallest absolute Gasteiger partial charge is 0.361 e. The summed E-state index contributed by atoms with van der Waals surface area (Å²) in [5.74, 6) is -1.99. The molecular weight excluding hydrogens is 510 g/mol. The van der Waals surface area contributed by atoms with Gasteiger partial charge in [0.25, 0.3) is 5.91 Å². The molecule has 2 aromatic carbocycles. The Kier molecular flexibility index (Phi) is 8.14. The van der Waals surface area contributed by atoms with Crippen molar-refractivity contribution in [2.45, 2.75) is 45.7 Å². The molecule has 0 saturated heterocycles. The van der Waals surface area contributed by atoms with E-state index in [9.17, 15) is 14.4 Å². The predicted octanol–water partition coefficient (Wildman–Crippen LogP) is 4.45. The van der Waals surface area contributed by atoms with E-state index in [2.05, 4.69) is 16.4 Å². The van der Waals surface area contributed by atoms with Crippen LogP contribution in [0.5, 0.6) is 0 Å². The number of carbonyl (C=O) groups excluding carboxylic acids is 3. The number of amides is 1. The minimum absolute atomic E-state index is 0.0189. The van der Waals surface area contributed by atoms with Crippen molar-refractivity contribution in [2.75, 3.05) is 13.2 Å². The van der Waals surface area contributed by atoms with E-state index >= 15 is 0 Å². The van der Waals surface area contributed by atoms with Crippen molar-refractivity contribution in [2.24, 2.45) is 11.0 Å². The lowest BCUT2D eigenvalue weighted by Crippen LogP contribution is -2.34. The lowest BCUT2D eigenvalue weighted by atomic mass is 9.77. The van der Waals surface area contributed by atoms with Crippen LogP contribution in [-0.4, -0.2) is 56.8 Å². The SMILES string of the molecule is CCOC(=O)c1nnn(CC(=O)N2N=C3/C(=C\c4ccccc4)CCC[C@@H]3[C@@H]2c2ccccc2)c1C(=O)OCC. The zero-order chi connectivity index (χ0) is 28.1. The Balaban J connectivity index is 1.51. The van der Waals surface area contributed by atoms with Crippen molar-refractivity contribution in [1.82, 2.24) is 20.0 Å². The van der Waals surface area contributed by atoms with Crippen LogP contribution in [0, 0.1) is 5.92 Å². The molecule has 2 atom stereocenters. The summed E-state index contributed by atoms with van der Waals surface area (Å²) in [5, 5.41) is 14.2. The highest BCUT2D eigenvalue weighted by molar-refractivity contribution is 6.08. The summed E-state index contributed by atoms with van der Waals surface area (Å²) in [4.78, 5) is 39.1. The van der Waals surface area contributed by atoms with E-state index < -0.39 is 11.9 Å². The summed E-state index contributed by atoms with van der Waals surface area (Å²) in [6, 6.07) is 19.6. The highest BCUT2D eigenvalue weighted by atomic mass is 16.5. The quantitative estimate of drug-likeness (QED) is 0.387. The maximum absolute atomic E-state index is 13.9. The van der Waals surface area contributed by atoms with E-state index in [1.165, 1.54) is 5.01 Å². The third kappa shape index (κ3) is 5.42. The zero-order valence-corrected chi connectivity index (χ0v) is 22.5. The van der Waals surface area contributed by atoms with Crippen LogP contribution >= 0.6 is 0 Å². The number of fused-ring (bicyclic) bond motifs is 1. The molecule has 1 aliphatic carbocycles. The molecule has 0 spiro atoms. The molecule has 10 nitrogen and oxygen atoms in total. The van der Waals surface area contributed by atoms with Crippen LogP contribution in [0.15, 0.2) is 71.3 Å². The number of benzene rings is 2. The Morgan fingerprint density at radius 3 is 2.33 bits per heavy atom. The number of esters is 2. The van der Waals surface area contributed by atoms with E-state index in [4.69, 9.17) is 14.6 Å². The Hall–Kier alpha value is -4.60. The van der Waals surface area contributed by atoms with Crippen LogP contribution in [0.2, 0.25) is 0 Å². The molecule has 0 N–H and O–H groups in total. The molecule has 0 unspecified atom stereocenters. The molecule has 1 aromatic heterocycles. The second kappa shape index (κ2) is 12.1. The Morgan fingerprint density at radius 1 is 0.950 bits per heavy atom. The van der Waals surface area contributed by atoms with E-state index in [1.54, 1.807) is 13.8 Å². The summed E-state index contributed by atoms with van der Waals surface area (Å²) in [5.41, 5.74) is 3.54. The number of ether oxygens (including phenoxy) is 2. The fraction of sp³-hybridized carbons (Fsp3) is 0.333.